The first-order valence-electron chi connectivity index (χ1n) is 8.13. The van der Waals surface area contributed by atoms with Crippen LogP contribution in [0.1, 0.15) is 66.5 Å². The molecule has 1 saturated heterocycles. The Bertz CT molecular complexity index is 589. The van der Waals surface area contributed by atoms with Crippen LogP contribution in [0.2, 0.25) is 0 Å². The topological polar surface area (TPSA) is 79.7 Å². The maximum Gasteiger partial charge on any atom is 0.329 e. The van der Waals surface area contributed by atoms with Gasteiger partial charge in [0.15, 0.2) is 0 Å². The molecule has 1 atom stereocenters. The van der Waals surface area contributed by atoms with Crippen LogP contribution < -0.4 is 0 Å². The van der Waals surface area contributed by atoms with Crippen LogP contribution in [0.15, 0.2) is 5.38 Å². The van der Waals surface area contributed by atoms with Gasteiger partial charge < -0.3 is 14.7 Å². The van der Waals surface area contributed by atoms with Gasteiger partial charge in [-0.3, -0.25) is 4.79 Å². The zero-order valence-corrected chi connectivity index (χ0v) is 14.1. The monoisotopic (exact) mass is 338 g/mol. The number of thiazole rings is 1. The average Bonchev–Trinajstić information content (AvgIpc) is 3.24. The number of hydrogen-bond acceptors (Lipinski definition) is 5. The summed E-state index contributed by atoms with van der Waals surface area (Å²) in [7, 11) is 1.59. The molecule has 1 amide bonds. The van der Waals surface area contributed by atoms with Gasteiger partial charge in [-0.25, -0.2) is 9.78 Å². The van der Waals surface area contributed by atoms with Gasteiger partial charge in [0, 0.05) is 19.0 Å². The number of aliphatic carboxylic acids is 1. The molecule has 6 nitrogen and oxygen atoms in total. The van der Waals surface area contributed by atoms with Gasteiger partial charge in [-0.2, -0.15) is 0 Å². The second kappa shape index (κ2) is 6.57. The minimum atomic E-state index is -1.09. The Morgan fingerprint density at radius 1 is 1.35 bits per heavy atom. The summed E-state index contributed by atoms with van der Waals surface area (Å²) in [5, 5.41) is 12.2. The van der Waals surface area contributed by atoms with Crippen molar-refractivity contribution in [3.8, 4) is 0 Å². The quantitative estimate of drug-likeness (QED) is 0.913. The summed E-state index contributed by atoms with van der Waals surface area (Å²) in [4.78, 5) is 30.4. The number of nitrogens with zero attached hydrogens (tertiary/aromatic N) is 2. The molecule has 1 aliphatic carbocycles. The first-order chi connectivity index (χ1) is 11.0. The molecule has 1 saturated carbocycles. The number of carbonyl (C=O) groups excluding carboxylic acids is 1. The normalized spacial score (nSPS) is 23.6. The van der Waals surface area contributed by atoms with Crippen LogP contribution in [0.4, 0.5) is 0 Å². The molecular formula is C16H22N2O4S. The Hall–Kier alpha value is -1.47. The summed E-state index contributed by atoms with van der Waals surface area (Å²) in [6.45, 7) is 0.732. The number of ether oxygens (including phenoxy) is 1. The Labute approximate surface area is 139 Å². The molecule has 3 rings (SSSR count). The van der Waals surface area contributed by atoms with E-state index < -0.39 is 11.5 Å². The van der Waals surface area contributed by atoms with Crippen molar-refractivity contribution in [3.05, 3.63) is 16.1 Å². The molecule has 0 radical (unpaired) electrons. The van der Waals surface area contributed by atoms with Crippen molar-refractivity contribution in [2.24, 2.45) is 0 Å². The highest BCUT2D eigenvalue weighted by molar-refractivity contribution is 7.09. The van der Waals surface area contributed by atoms with E-state index in [0.717, 1.165) is 43.7 Å². The fourth-order valence-corrected chi connectivity index (χ4v) is 4.38. The van der Waals surface area contributed by atoms with Crippen LogP contribution in [-0.4, -0.2) is 46.1 Å². The Morgan fingerprint density at radius 3 is 2.70 bits per heavy atom. The van der Waals surface area contributed by atoms with E-state index in [-0.39, 0.29) is 12.0 Å². The molecule has 2 fully saturated rings. The molecule has 1 unspecified atom stereocenters. The van der Waals surface area contributed by atoms with Gasteiger partial charge in [-0.05, 0) is 25.7 Å². The van der Waals surface area contributed by atoms with E-state index in [1.54, 1.807) is 12.4 Å². The highest BCUT2D eigenvalue weighted by atomic mass is 32.1. The lowest BCUT2D eigenvalue weighted by atomic mass is 9.80. The van der Waals surface area contributed by atoms with Crippen LogP contribution >= 0.6 is 11.3 Å². The summed E-state index contributed by atoms with van der Waals surface area (Å²) in [6.07, 6.45) is 5.63. The molecule has 1 aliphatic heterocycles. The Kier molecular flexibility index (Phi) is 4.68. The largest absolute Gasteiger partial charge is 0.479 e. The molecule has 0 bridgehead atoms. The SMILES string of the molecule is CN(C(=O)c1csc(C2CCCO2)n1)C1(C(=O)O)CCCCC1. The fourth-order valence-electron chi connectivity index (χ4n) is 3.50. The van der Waals surface area contributed by atoms with Crippen molar-refractivity contribution in [1.82, 2.24) is 9.88 Å². The van der Waals surface area contributed by atoms with Gasteiger partial charge in [0.25, 0.3) is 5.91 Å². The van der Waals surface area contributed by atoms with E-state index in [1.165, 1.54) is 16.2 Å². The maximum absolute atomic E-state index is 12.7. The van der Waals surface area contributed by atoms with Crippen molar-refractivity contribution in [3.63, 3.8) is 0 Å². The van der Waals surface area contributed by atoms with Crippen LogP contribution in [0.5, 0.6) is 0 Å². The first kappa shape index (κ1) is 16.4. The Morgan fingerprint density at radius 2 is 2.09 bits per heavy atom. The number of carbonyl (C=O) groups is 2. The number of carboxylic acids is 1. The van der Waals surface area contributed by atoms with Gasteiger partial charge in [-0.1, -0.05) is 19.3 Å². The predicted octanol–water partition coefficient (Wildman–Crippen LogP) is 2.85. The second-order valence-electron chi connectivity index (χ2n) is 6.33. The van der Waals surface area contributed by atoms with Crippen LogP contribution in [-0.2, 0) is 9.53 Å². The third kappa shape index (κ3) is 2.99. The van der Waals surface area contributed by atoms with Gasteiger partial charge in [0.2, 0.25) is 0 Å². The summed E-state index contributed by atoms with van der Waals surface area (Å²) in [5.74, 6) is -1.22. The van der Waals surface area contributed by atoms with E-state index in [0.29, 0.717) is 18.5 Å². The van der Waals surface area contributed by atoms with Crippen LogP contribution in [0, 0.1) is 0 Å². The number of aromatic nitrogens is 1. The van der Waals surface area contributed by atoms with Crippen molar-refractivity contribution in [1.29, 1.82) is 0 Å². The zero-order valence-electron chi connectivity index (χ0n) is 13.3. The molecule has 1 N–H and O–H groups in total. The van der Waals surface area contributed by atoms with Gasteiger partial charge in [0.1, 0.15) is 22.3 Å². The van der Waals surface area contributed by atoms with Gasteiger partial charge in [-0.15, -0.1) is 11.3 Å². The molecular weight excluding hydrogens is 316 g/mol. The number of carboxylic acid groups (broad SMARTS) is 1. The zero-order chi connectivity index (χ0) is 16.4. The lowest BCUT2D eigenvalue weighted by molar-refractivity contribution is -0.151. The first-order valence-corrected chi connectivity index (χ1v) is 9.01. The molecule has 1 aromatic heterocycles. The number of hydrogen-bond donors (Lipinski definition) is 1. The molecule has 1 aromatic rings. The van der Waals surface area contributed by atoms with E-state index in [1.807, 2.05) is 0 Å². The molecule has 126 valence electrons. The lowest BCUT2D eigenvalue weighted by Gasteiger charge is -2.40. The van der Waals surface area contributed by atoms with Crippen molar-refractivity contribution in [2.45, 2.75) is 56.6 Å². The summed E-state index contributed by atoms with van der Waals surface area (Å²) < 4.78 is 5.60. The summed E-state index contributed by atoms with van der Waals surface area (Å²) in [5.41, 5.74) is -0.766. The third-order valence-corrected chi connectivity index (χ3v) is 5.91. The molecule has 23 heavy (non-hydrogen) atoms. The maximum atomic E-state index is 12.7. The highest BCUT2D eigenvalue weighted by Gasteiger charge is 2.46. The molecule has 7 heteroatoms. The van der Waals surface area contributed by atoms with Gasteiger partial charge >= 0.3 is 5.97 Å². The van der Waals surface area contributed by atoms with E-state index in [4.69, 9.17) is 4.74 Å². The highest BCUT2D eigenvalue weighted by Crippen LogP contribution is 2.35. The van der Waals surface area contributed by atoms with Crippen molar-refractivity contribution >= 4 is 23.2 Å². The summed E-state index contributed by atoms with van der Waals surface area (Å²) >= 11 is 1.42. The standard InChI is InChI=1S/C16H22N2O4S/c1-18(16(15(20)21)7-3-2-4-8-16)14(19)11-10-23-13(17-11)12-6-5-9-22-12/h10,12H,2-9H2,1H3,(H,20,21). The molecule has 2 heterocycles. The number of likely N-dealkylation sites (N-methyl/N-ethyl adjacent to an activating group) is 1. The summed E-state index contributed by atoms with van der Waals surface area (Å²) in [6, 6.07) is 0. The predicted molar refractivity (Wildman–Crippen MR) is 85.6 cm³/mol. The minimum Gasteiger partial charge on any atom is -0.479 e. The van der Waals surface area contributed by atoms with E-state index in [2.05, 4.69) is 4.98 Å². The number of rotatable bonds is 4. The lowest BCUT2D eigenvalue weighted by Crippen LogP contribution is -2.56. The van der Waals surface area contributed by atoms with Crippen molar-refractivity contribution in [2.75, 3.05) is 13.7 Å². The molecule has 2 aliphatic rings. The average molecular weight is 338 g/mol. The van der Waals surface area contributed by atoms with E-state index in [9.17, 15) is 14.7 Å². The van der Waals surface area contributed by atoms with Crippen LogP contribution in [0.25, 0.3) is 0 Å². The minimum absolute atomic E-state index is 0.0185. The number of amides is 1. The van der Waals surface area contributed by atoms with Crippen molar-refractivity contribution < 1.29 is 19.4 Å². The second-order valence-corrected chi connectivity index (χ2v) is 7.22. The molecule has 0 aromatic carbocycles. The van der Waals surface area contributed by atoms with Crippen LogP contribution in [0.3, 0.4) is 0 Å². The van der Waals surface area contributed by atoms with Gasteiger partial charge in [0.05, 0.1) is 0 Å². The van der Waals surface area contributed by atoms with E-state index >= 15 is 0 Å². The third-order valence-electron chi connectivity index (χ3n) is 4.97. The Balaban J connectivity index is 1.79. The molecule has 0 spiro atoms. The fraction of sp³-hybridized carbons (Fsp3) is 0.688. The smallest absolute Gasteiger partial charge is 0.329 e.